The number of rotatable bonds is 4. The van der Waals surface area contributed by atoms with Crippen LogP contribution in [0, 0.1) is 12.8 Å². The normalized spacial score (nSPS) is 15.8. The van der Waals surface area contributed by atoms with Crippen LogP contribution in [0.25, 0.3) is 0 Å². The first-order valence-electron chi connectivity index (χ1n) is 5.60. The number of esters is 1. The minimum absolute atomic E-state index is 0.315. The van der Waals surface area contributed by atoms with Crippen LogP contribution in [0.4, 0.5) is 5.69 Å². The SMILES string of the molecule is COC(=O)c1scc(C)c1NN=C(C)C1CC1. The molecule has 1 fully saturated rings. The first kappa shape index (κ1) is 12.1. The number of ether oxygens (including phenoxy) is 1. The summed E-state index contributed by atoms with van der Waals surface area (Å²) in [5, 5.41) is 6.26. The van der Waals surface area contributed by atoms with Gasteiger partial charge in [-0.15, -0.1) is 11.3 Å². The van der Waals surface area contributed by atoms with Crippen molar-refractivity contribution in [3.8, 4) is 0 Å². The van der Waals surface area contributed by atoms with Gasteiger partial charge in [-0.3, -0.25) is 5.43 Å². The van der Waals surface area contributed by atoms with Crippen LogP contribution in [-0.2, 0) is 4.74 Å². The number of nitrogens with one attached hydrogen (secondary N) is 1. The van der Waals surface area contributed by atoms with E-state index in [2.05, 4.69) is 10.5 Å². The molecule has 1 heterocycles. The van der Waals surface area contributed by atoms with Gasteiger partial charge in [-0.1, -0.05) is 0 Å². The third-order valence-corrected chi connectivity index (χ3v) is 3.94. The quantitative estimate of drug-likeness (QED) is 0.509. The van der Waals surface area contributed by atoms with Crippen molar-refractivity contribution in [2.45, 2.75) is 26.7 Å². The maximum absolute atomic E-state index is 11.5. The number of nitrogens with zero attached hydrogens (tertiary/aromatic N) is 1. The van der Waals surface area contributed by atoms with E-state index in [4.69, 9.17) is 4.74 Å². The van der Waals surface area contributed by atoms with Gasteiger partial charge >= 0.3 is 5.97 Å². The highest BCUT2D eigenvalue weighted by atomic mass is 32.1. The van der Waals surface area contributed by atoms with E-state index in [0.29, 0.717) is 10.8 Å². The summed E-state index contributed by atoms with van der Waals surface area (Å²) in [6, 6.07) is 0. The van der Waals surface area contributed by atoms with Crippen LogP contribution in [0.5, 0.6) is 0 Å². The van der Waals surface area contributed by atoms with E-state index in [1.807, 2.05) is 19.2 Å². The van der Waals surface area contributed by atoms with E-state index in [1.54, 1.807) is 0 Å². The molecule has 1 N–H and O–H groups in total. The highest BCUT2D eigenvalue weighted by Crippen LogP contribution is 2.32. The lowest BCUT2D eigenvalue weighted by atomic mass is 10.3. The Kier molecular flexibility index (Phi) is 3.47. The summed E-state index contributed by atoms with van der Waals surface area (Å²) in [4.78, 5) is 12.1. The smallest absolute Gasteiger partial charge is 0.350 e. The largest absolute Gasteiger partial charge is 0.465 e. The van der Waals surface area contributed by atoms with Crippen LogP contribution in [-0.4, -0.2) is 18.8 Å². The molecule has 0 atom stereocenters. The van der Waals surface area contributed by atoms with E-state index >= 15 is 0 Å². The fourth-order valence-corrected chi connectivity index (χ4v) is 2.48. The van der Waals surface area contributed by atoms with Crippen molar-refractivity contribution < 1.29 is 9.53 Å². The summed E-state index contributed by atoms with van der Waals surface area (Å²) in [6.45, 7) is 3.97. The van der Waals surface area contributed by atoms with E-state index in [0.717, 1.165) is 17.0 Å². The summed E-state index contributed by atoms with van der Waals surface area (Å²) in [5.41, 5.74) is 5.88. The number of carbonyl (C=O) groups is 1. The monoisotopic (exact) mass is 252 g/mol. The molecule has 5 heteroatoms. The lowest BCUT2D eigenvalue weighted by Crippen LogP contribution is -2.05. The van der Waals surface area contributed by atoms with Crippen LogP contribution in [0.1, 0.15) is 35.0 Å². The molecule has 0 amide bonds. The van der Waals surface area contributed by atoms with Gasteiger partial charge < -0.3 is 4.74 Å². The Morgan fingerprint density at radius 3 is 2.88 bits per heavy atom. The first-order chi connectivity index (χ1) is 8.13. The maximum Gasteiger partial charge on any atom is 0.350 e. The number of anilines is 1. The van der Waals surface area contributed by atoms with Gasteiger partial charge in [0.2, 0.25) is 0 Å². The molecule has 4 nitrogen and oxygen atoms in total. The third kappa shape index (κ3) is 2.66. The van der Waals surface area contributed by atoms with Crippen LogP contribution in [0.2, 0.25) is 0 Å². The van der Waals surface area contributed by atoms with Crippen molar-refractivity contribution in [2.24, 2.45) is 11.0 Å². The molecule has 0 unspecified atom stereocenters. The summed E-state index contributed by atoms with van der Waals surface area (Å²) < 4.78 is 4.74. The van der Waals surface area contributed by atoms with Crippen molar-refractivity contribution in [3.63, 3.8) is 0 Å². The molecule has 0 radical (unpaired) electrons. The Morgan fingerprint density at radius 1 is 1.59 bits per heavy atom. The molecule has 0 saturated heterocycles. The van der Waals surface area contributed by atoms with Gasteiger partial charge in [-0.2, -0.15) is 5.10 Å². The Hall–Kier alpha value is -1.36. The zero-order valence-electron chi connectivity index (χ0n) is 10.2. The highest BCUT2D eigenvalue weighted by molar-refractivity contribution is 7.12. The summed E-state index contributed by atoms with van der Waals surface area (Å²) in [7, 11) is 1.39. The number of thiophene rings is 1. The predicted octanol–water partition coefficient (Wildman–Crippen LogP) is 3.04. The zero-order chi connectivity index (χ0) is 12.4. The molecule has 1 aromatic heterocycles. The van der Waals surface area contributed by atoms with Crippen LogP contribution < -0.4 is 5.43 Å². The summed E-state index contributed by atoms with van der Waals surface area (Å²) in [6.07, 6.45) is 2.45. The van der Waals surface area contributed by atoms with E-state index < -0.39 is 0 Å². The van der Waals surface area contributed by atoms with Crippen molar-refractivity contribution in [2.75, 3.05) is 12.5 Å². The molecule has 0 spiro atoms. The van der Waals surface area contributed by atoms with E-state index in [9.17, 15) is 4.79 Å². The Labute approximate surface area is 105 Å². The lowest BCUT2D eigenvalue weighted by molar-refractivity contribution is 0.0607. The number of hydrazone groups is 1. The first-order valence-corrected chi connectivity index (χ1v) is 6.48. The fraction of sp³-hybridized carbons (Fsp3) is 0.500. The molecule has 1 aliphatic carbocycles. The predicted molar refractivity (Wildman–Crippen MR) is 69.9 cm³/mol. The number of aryl methyl sites for hydroxylation is 1. The van der Waals surface area contributed by atoms with Gasteiger partial charge in [0.25, 0.3) is 0 Å². The molecule has 0 bridgehead atoms. The molecule has 2 rings (SSSR count). The van der Waals surface area contributed by atoms with Gasteiger partial charge in [-0.05, 0) is 43.6 Å². The average molecular weight is 252 g/mol. The second-order valence-corrected chi connectivity index (χ2v) is 5.13. The van der Waals surface area contributed by atoms with Gasteiger partial charge in [0.15, 0.2) is 0 Å². The van der Waals surface area contributed by atoms with Gasteiger partial charge in [-0.25, -0.2) is 4.79 Å². The second-order valence-electron chi connectivity index (χ2n) is 4.25. The zero-order valence-corrected chi connectivity index (χ0v) is 11.1. The molecule has 1 aliphatic rings. The minimum Gasteiger partial charge on any atom is -0.465 e. The topological polar surface area (TPSA) is 50.7 Å². The second kappa shape index (κ2) is 4.87. The molecular weight excluding hydrogens is 236 g/mol. The molecule has 0 aromatic carbocycles. The lowest BCUT2D eigenvalue weighted by Gasteiger charge is -2.04. The van der Waals surface area contributed by atoms with Crippen LogP contribution >= 0.6 is 11.3 Å². The van der Waals surface area contributed by atoms with Crippen LogP contribution in [0.3, 0.4) is 0 Å². The van der Waals surface area contributed by atoms with Gasteiger partial charge in [0.1, 0.15) is 4.88 Å². The summed E-state index contributed by atoms with van der Waals surface area (Å²) in [5.74, 6) is 0.313. The van der Waals surface area contributed by atoms with Crippen LogP contribution in [0.15, 0.2) is 10.5 Å². The number of hydrogen-bond donors (Lipinski definition) is 1. The van der Waals surface area contributed by atoms with Crippen molar-refractivity contribution in [1.29, 1.82) is 0 Å². The maximum atomic E-state index is 11.5. The molecule has 1 aromatic rings. The number of hydrogen-bond acceptors (Lipinski definition) is 5. The molecule has 1 saturated carbocycles. The van der Waals surface area contributed by atoms with Crippen molar-refractivity contribution in [1.82, 2.24) is 0 Å². The third-order valence-electron chi connectivity index (χ3n) is 2.86. The van der Waals surface area contributed by atoms with Gasteiger partial charge in [0.05, 0.1) is 12.8 Å². The van der Waals surface area contributed by atoms with E-state index in [-0.39, 0.29) is 5.97 Å². The minimum atomic E-state index is -0.315. The van der Waals surface area contributed by atoms with Gasteiger partial charge in [0, 0.05) is 5.71 Å². The Balaban J connectivity index is 2.16. The number of methoxy groups -OCH3 is 1. The highest BCUT2D eigenvalue weighted by Gasteiger charge is 2.24. The number of carbonyl (C=O) groups excluding carboxylic acids is 1. The fourth-order valence-electron chi connectivity index (χ4n) is 1.56. The molecule has 17 heavy (non-hydrogen) atoms. The molecular formula is C12H16N2O2S. The standard InChI is InChI=1S/C12H16N2O2S/c1-7-6-17-11(12(15)16-3)10(7)14-13-8(2)9-4-5-9/h6,9,14H,4-5H2,1-3H3. The Bertz CT molecular complexity index is 461. The molecule has 92 valence electrons. The average Bonchev–Trinajstić information content (AvgIpc) is 3.10. The summed E-state index contributed by atoms with van der Waals surface area (Å²) >= 11 is 1.38. The van der Waals surface area contributed by atoms with Crippen molar-refractivity contribution in [3.05, 3.63) is 15.8 Å². The molecule has 0 aliphatic heterocycles. The van der Waals surface area contributed by atoms with E-state index in [1.165, 1.54) is 31.3 Å². The van der Waals surface area contributed by atoms with Crippen molar-refractivity contribution >= 4 is 28.7 Å². The Morgan fingerprint density at radius 2 is 2.29 bits per heavy atom.